The molecule has 0 saturated carbocycles. The van der Waals surface area contributed by atoms with E-state index in [1.807, 2.05) is 4.90 Å². The van der Waals surface area contributed by atoms with Gasteiger partial charge in [-0.15, -0.1) is 0 Å². The van der Waals surface area contributed by atoms with E-state index in [0.717, 1.165) is 42.0 Å². The lowest BCUT2D eigenvalue weighted by Gasteiger charge is -2.35. The first-order valence-electron chi connectivity index (χ1n) is 8.48. The molecule has 0 bridgehead atoms. The number of halogens is 2. The number of benzene rings is 1. The Hall–Kier alpha value is -1.36. The highest BCUT2D eigenvalue weighted by atomic mass is 32.2. The summed E-state index contributed by atoms with van der Waals surface area (Å²) in [7, 11) is -4.22. The van der Waals surface area contributed by atoms with Crippen molar-refractivity contribution < 1.29 is 21.9 Å². The fourth-order valence-electron chi connectivity index (χ4n) is 3.11. The molecule has 2 aliphatic rings. The summed E-state index contributed by atoms with van der Waals surface area (Å²) in [4.78, 5) is 0.959. The van der Waals surface area contributed by atoms with E-state index in [9.17, 15) is 17.2 Å². The summed E-state index contributed by atoms with van der Waals surface area (Å²) >= 11 is 5.35. The zero-order chi connectivity index (χ0) is 18.7. The summed E-state index contributed by atoms with van der Waals surface area (Å²) in [5.74, 6) is -2.16. The summed E-state index contributed by atoms with van der Waals surface area (Å²) in [6.07, 6.45) is 2.19. The van der Waals surface area contributed by atoms with E-state index in [1.165, 1.54) is 0 Å². The van der Waals surface area contributed by atoms with Crippen molar-refractivity contribution >= 4 is 27.4 Å². The van der Waals surface area contributed by atoms with Gasteiger partial charge in [-0.05, 0) is 37.2 Å². The van der Waals surface area contributed by atoms with Crippen LogP contribution >= 0.6 is 12.2 Å². The molecule has 2 aliphatic heterocycles. The number of sulfonamides is 1. The van der Waals surface area contributed by atoms with Crippen LogP contribution in [0.3, 0.4) is 0 Å². The molecule has 0 radical (unpaired) electrons. The molecule has 1 atom stereocenters. The smallest absolute Gasteiger partial charge is 0.249 e. The average molecular weight is 405 g/mol. The number of hydrogen-bond donors (Lipinski definition) is 1. The van der Waals surface area contributed by atoms with Crippen LogP contribution in [-0.4, -0.2) is 68.2 Å². The quantitative estimate of drug-likeness (QED) is 0.763. The van der Waals surface area contributed by atoms with Crippen LogP contribution < -0.4 is 5.32 Å². The highest BCUT2D eigenvalue weighted by molar-refractivity contribution is 7.89. The Bertz CT molecular complexity index is 742. The van der Waals surface area contributed by atoms with Crippen molar-refractivity contribution in [2.75, 3.05) is 39.3 Å². The molecule has 0 aliphatic carbocycles. The van der Waals surface area contributed by atoms with Crippen LogP contribution in [0.2, 0.25) is 0 Å². The maximum absolute atomic E-state index is 13.9. The van der Waals surface area contributed by atoms with Crippen LogP contribution in [-0.2, 0) is 14.8 Å². The summed E-state index contributed by atoms with van der Waals surface area (Å²) in [5.41, 5.74) is 0. The monoisotopic (exact) mass is 405 g/mol. The van der Waals surface area contributed by atoms with Gasteiger partial charge < -0.3 is 15.0 Å². The van der Waals surface area contributed by atoms with Gasteiger partial charge in [-0.25, -0.2) is 17.2 Å². The van der Waals surface area contributed by atoms with E-state index in [1.54, 1.807) is 0 Å². The molecule has 6 nitrogen and oxygen atoms in total. The zero-order valence-electron chi connectivity index (χ0n) is 14.2. The topological polar surface area (TPSA) is 61.9 Å². The van der Waals surface area contributed by atoms with Gasteiger partial charge in [0.05, 0.1) is 6.10 Å². The lowest BCUT2D eigenvalue weighted by atomic mass is 10.2. The first-order valence-corrected chi connectivity index (χ1v) is 10.3. The van der Waals surface area contributed by atoms with Crippen LogP contribution in [0.15, 0.2) is 23.1 Å². The van der Waals surface area contributed by atoms with Gasteiger partial charge in [-0.3, -0.25) is 0 Å². The Kier molecular flexibility index (Phi) is 6.06. The number of thiocarbonyl (C=S) groups is 1. The Labute approximate surface area is 157 Å². The molecule has 1 aromatic rings. The first kappa shape index (κ1) is 19.4. The van der Waals surface area contributed by atoms with Crippen molar-refractivity contribution in [1.82, 2.24) is 14.5 Å². The molecular formula is C16H21F2N3O3S2. The predicted octanol–water partition coefficient (Wildman–Crippen LogP) is 1.32. The van der Waals surface area contributed by atoms with Gasteiger partial charge in [0.15, 0.2) is 10.0 Å². The highest BCUT2D eigenvalue weighted by Gasteiger charge is 2.33. The minimum atomic E-state index is -4.22. The van der Waals surface area contributed by atoms with Gasteiger partial charge in [-0.1, -0.05) is 6.07 Å². The Balaban J connectivity index is 1.58. The van der Waals surface area contributed by atoms with Gasteiger partial charge >= 0.3 is 0 Å². The molecular weight excluding hydrogens is 384 g/mol. The summed E-state index contributed by atoms with van der Waals surface area (Å²) < 4.78 is 59.5. The minimum Gasteiger partial charge on any atom is -0.376 e. The molecule has 1 unspecified atom stereocenters. The highest BCUT2D eigenvalue weighted by Crippen LogP contribution is 2.23. The fourth-order valence-corrected chi connectivity index (χ4v) is 4.90. The Morgan fingerprint density at radius 3 is 2.46 bits per heavy atom. The number of rotatable bonds is 4. The summed E-state index contributed by atoms with van der Waals surface area (Å²) in [6, 6.07) is 3.02. The third kappa shape index (κ3) is 4.13. The zero-order valence-corrected chi connectivity index (χ0v) is 15.8. The molecule has 144 valence electrons. The van der Waals surface area contributed by atoms with Gasteiger partial charge in [-0.2, -0.15) is 4.31 Å². The van der Waals surface area contributed by atoms with E-state index in [4.69, 9.17) is 17.0 Å². The maximum Gasteiger partial charge on any atom is 0.249 e. The predicted molar refractivity (Wildman–Crippen MR) is 96.3 cm³/mol. The molecule has 1 aromatic carbocycles. The molecule has 0 amide bonds. The second-order valence-electron chi connectivity index (χ2n) is 6.26. The molecule has 0 aromatic heterocycles. The van der Waals surface area contributed by atoms with E-state index in [0.29, 0.717) is 24.7 Å². The van der Waals surface area contributed by atoms with Crippen molar-refractivity contribution in [3.63, 3.8) is 0 Å². The van der Waals surface area contributed by atoms with Crippen molar-refractivity contribution in [2.45, 2.75) is 23.8 Å². The van der Waals surface area contributed by atoms with Gasteiger partial charge in [0.2, 0.25) is 10.0 Å². The van der Waals surface area contributed by atoms with Gasteiger partial charge in [0.25, 0.3) is 0 Å². The van der Waals surface area contributed by atoms with Crippen molar-refractivity contribution in [3.05, 3.63) is 29.8 Å². The summed E-state index contributed by atoms with van der Waals surface area (Å²) in [5, 5.41) is 3.68. The molecule has 2 fully saturated rings. The van der Waals surface area contributed by atoms with Crippen LogP contribution in [0.25, 0.3) is 0 Å². The van der Waals surface area contributed by atoms with Crippen LogP contribution in [0, 0.1) is 11.6 Å². The Morgan fingerprint density at radius 2 is 1.88 bits per heavy atom. The largest absolute Gasteiger partial charge is 0.376 e. The Morgan fingerprint density at radius 1 is 1.23 bits per heavy atom. The summed E-state index contributed by atoms with van der Waals surface area (Å²) in [6.45, 7) is 2.31. The van der Waals surface area contributed by atoms with Crippen molar-refractivity contribution in [1.29, 1.82) is 0 Å². The number of nitrogens with one attached hydrogen (secondary N) is 1. The molecule has 0 spiro atoms. The number of ether oxygens (including phenoxy) is 1. The van der Waals surface area contributed by atoms with E-state index < -0.39 is 26.6 Å². The lowest BCUT2D eigenvalue weighted by Crippen LogP contribution is -2.53. The second-order valence-corrected chi connectivity index (χ2v) is 8.52. The number of piperazine rings is 1. The maximum atomic E-state index is 13.9. The van der Waals surface area contributed by atoms with Crippen molar-refractivity contribution in [2.24, 2.45) is 0 Å². The van der Waals surface area contributed by atoms with Gasteiger partial charge in [0.1, 0.15) is 11.6 Å². The second kappa shape index (κ2) is 8.12. The molecule has 2 heterocycles. The first-order chi connectivity index (χ1) is 12.4. The van der Waals surface area contributed by atoms with Crippen LogP contribution in [0.5, 0.6) is 0 Å². The van der Waals surface area contributed by atoms with E-state index >= 15 is 0 Å². The third-order valence-corrected chi connectivity index (χ3v) is 6.90. The van der Waals surface area contributed by atoms with E-state index in [-0.39, 0.29) is 19.2 Å². The molecule has 2 saturated heterocycles. The number of nitrogens with zero attached hydrogens (tertiary/aromatic N) is 2. The molecule has 10 heteroatoms. The average Bonchev–Trinajstić information content (AvgIpc) is 3.13. The lowest BCUT2D eigenvalue weighted by molar-refractivity contribution is 0.113. The third-order valence-electron chi connectivity index (χ3n) is 4.55. The SMILES string of the molecule is O=S(=O)(c1c(F)cccc1F)N1CCN(C(=S)NCC2CCCO2)CC1. The normalized spacial score (nSPS) is 21.8. The molecule has 1 N–H and O–H groups in total. The molecule has 3 rings (SSSR count). The number of hydrogen-bond acceptors (Lipinski definition) is 4. The minimum absolute atomic E-state index is 0.109. The standard InChI is InChI=1S/C16H21F2N3O3S2/c17-13-4-1-5-14(18)15(13)26(22,23)21-8-6-20(7-9-21)16(25)19-11-12-3-2-10-24-12/h1,4-5,12H,2-3,6-11H2,(H,19,25). The van der Waals surface area contributed by atoms with Crippen LogP contribution in [0.1, 0.15) is 12.8 Å². The molecule has 26 heavy (non-hydrogen) atoms. The van der Waals surface area contributed by atoms with E-state index in [2.05, 4.69) is 5.32 Å². The van der Waals surface area contributed by atoms with Gasteiger partial charge in [0, 0.05) is 39.3 Å². The van der Waals surface area contributed by atoms with Crippen LogP contribution in [0.4, 0.5) is 8.78 Å². The van der Waals surface area contributed by atoms with Crippen molar-refractivity contribution in [3.8, 4) is 0 Å². The fraction of sp³-hybridized carbons (Fsp3) is 0.562.